The summed E-state index contributed by atoms with van der Waals surface area (Å²) in [6, 6.07) is 0. The van der Waals surface area contributed by atoms with Gasteiger partial charge >= 0.3 is 12.1 Å². The predicted molar refractivity (Wildman–Crippen MR) is 96.7 cm³/mol. The maximum atomic E-state index is 13.2. The van der Waals surface area contributed by atoms with E-state index in [0.717, 1.165) is 0 Å². The fraction of sp³-hybridized carbons (Fsp3) is 0.471. The van der Waals surface area contributed by atoms with Crippen LogP contribution in [-0.2, 0) is 21.2 Å². The average Bonchev–Trinajstić information content (AvgIpc) is 3.26. The fourth-order valence-electron chi connectivity index (χ4n) is 2.66. The molecule has 0 aliphatic carbocycles. The lowest BCUT2D eigenvalue weighted by Crippen LogP contribution is -2.37. The summed E-state index contributed by atoms with van der Waals surface area (Å²) in [6.45, 7) is 8.58. The van der Waals surface area contributed by atoms with E-state index in [4.69, 9.17) is 4.74 Å². The molecule has 12 heteroatoms. The van der Waals surface area contributed by atoms with Crippen LogP contribution >= 0.6 is 0 Å². The largest absolute Gasteiger partial charge is 0.464 e. The van der Waals surface area contributed by atoms with Gasteiger partial charge in [-0.15, -0.1) is 15.3 Å². The Morgan fingerprint density at radius 3 is 2.52 bits per heavy atom. The minimum absolute atomic E-state index is 0.0273. The third-order valence-electron chi connectivity index (χ3n) is 4.54. The first-order valence-corrected chi connectivity index (χ1v) is 8.76. The van der Waals surface area contributed by atoms with Gasteiger partial charge in [0.1, 0.15) is 0 Å². The van der Waals surface area contributed by atoms with Gasteiger partial charge in [-0.2, -0.15) is 22.8 Å². The summed E-state index contributed by atoms with van der Waals surface area (Å²) >= 11 is 0. The molecule has 0 aromatic carbocycles. The summed E-state index contributed by atoms with van der Waals surface area (Å²) in [6.07, 6.45) is -1.70. The maximum Gasteiger partial charge on any atom is 0.453 e. The van der Waals surface area contributed by atoms with Gasteiger partial charge in [0.15, 0.2) is 17.0 Å². The number of nitrogens with zero attached hydrogens (tertiary/aromatic N) is 6. The Hall–Kier alpha value is -3.18. The van der Waals surface area contributed by atoms with Crippen LogP contribution in [0.25, 0.3) is 5.65 Å². The van der Waals surface area contributed by atoms with Crippen molar-refractivity contribution in [2.24, 2.45) is 0 Å². The number of alkyl halides is 3. The Kier molecular flexibility index (Phi) is 4.97. The lowest BCUT2D eigenvalue weighted by atomic mass is 10.1. The quantitative estimate of drug-likeness (QED) is 0.645. The summed E-state index contributed by atoms with van der Waals surface area (Å²) in [5, 5.41) is 18.0. The first-order chi connectivity index (χ1) is 13.5. The number of esters is 1. The highest BCUT2D eigenvalue weighted by atomic mass is 19.4. The molecule has 3 aromatic heterocycles. The number of aromatic nitrogens is 6. The molecule has 9 nitrogen and oxygen atoms in total. The molecule has 0 aliphatic rings. The summed E-state index contributed by atoms with van der Waals surface area (Å²) in [7, 11) is 0. The number of halogens is 3. The van der Waals surface area contributed by atoms with Crippen molar-refractivity contribution in [3.63, 3.8) is 0 Å². The Labute approximate surface area is 163 Å². The van der Waals surface area contributed by atoms with Crippen molar-refractivity contribution in [3.05, 3.63) is 29.3 Å². The van der Waals surface area contributed by atoms with E-state index < -0.39 is 23.5 Å². The van der Waals surface area contributed by atoms with Crippen molar-refractivity contribution < 1.29 is 22.7 Å². The van der Waals surface area contributed by atoms with Gasteiger partial charge in [0.2, 0.25) is 0 Å². The van der Waals surface area contributed by atoms with Crippen LogP contribution in [0.3, 0.4) is 0 Å². The molecule has 0 bridgehead atoms. The van der Waals surface area contributed by atoms with Crippen molar-refractivity contribution in [3.8, 4) is 0 Å². The number of carbonyl (C=O) groups is 1. The third-order valence-corrected chi connectivity index (χ3v) is 4.54. The summed E-state index contributed by atoms with van der Waals surface area (Å²) in [4.78, 5) is 12.1. The molecule has 0 aliphatic heterocycles. The van der Waals surface area contributed by atoms with Gasteiger partial charge in [-0.3, -0.25) is 4.68 Å². The van der Waals surface area contributed by atoms with E-state index in [1.165, 1.54) is 10.9 Å². The Morgan fingerprint density at radius 1 is 1.21 bits per heavy atom. The Morgan fingerprint density at radius 2 is 1.90 bits per heavy atom. The number of hydrogen-bond acceptors (Lipinski definition) is 7. The number of fused-ring (bicyclic) bond motifs is 1. The van der Waals surface area contributed by atoms with Crippen LogP contribution in [-0.4, -0.2) is 42.2 Å². The second-order valence-electron chi connectivity index (χ2n) is 6.93. The first kappa shape index (κ1) is 20.6. The van der Waals surface area contributed by atoms with Gasteiger partial charge in [0, 0.05) is 17.3 Å². The summed E-state index contributed by atoms with van der Waals surface area (Å²) in [5.41, 5.74) is 0.523. The number of hydrogen-bond donors (Lipinski definition) is 1. The highest BCUT2D eigenvalue weighted by Crippen LogP contribution is 2.30. The van der Waals surface area contributed by atoms with Gasteiger partial charge in [-0.1, -0.05) is 0 Å². The van der Waals surface area contributed by atoms with Crippen molar-refractivity contribution >= 4 is 23.1 Å². The normalized spacial score (nSPS) is 12.4. The Bertz CT molecular complexity index is 1070. The van der Waals surface area contributed by atoms with E-state index in [1.54, 1.807) is 40.8 Å². The van der Waals surface area contributed by atoms with Crippen LogP contribution in [0.2, 0.25) is 0 Å². The van der Waals surface area contributed by atoms with Gasteiger partial charge in [-0.05, 0) is 34.6 Å². The number of aryl methyl sites for hydroxylation is 1. The summed E-state index contributed by atoms with van der Waals surface area (Å²) in [5.74, 6) is -1.48. The van der Waals surface area contributed by atoms with Gasteiger partial charge in [0.05, 0.1) is 18.5 Å². The number of rotatable bonds is 5. The highest BCUT2D eigenvalue weighted by molar-refractivity contribution is 5.78. The molecular weight excluding hydrogens is 391 g/mol. The molecule has 0 atom stereocenters. The van der Waals surface area contributed by atoms with Gasteiger partial charge < -0.3 is 10.1 Å². The molecule has 156 valence electrons. The zero-order valence-corrected chi connectivity index (χ0v) is 16.5. The lowest BCUT2D eigenvalue weighted by Gasteiger charge is -2.22. The zero-order valence-electron chi connectivity index (χ0n) is 16.5. The van der Waals surface area contributed by atoms with E-state index >= 15 is 0 Å². The second kappa shape index (κ2) is 7.01. The maximum absolute atomic E-state index is 13.2. The molecule has 3 heterocycles. The molecule has 0 saturated carbocycles. The van der Waals surface area contributed by atoms with Crippen molar-refractivity contribution in [2.45, 2.75) is 46.3 Å². The molecule has 0 radical (unpaired) electrons. The fourth-order valence-corrected chi connectivity index (χ4v) is 2.66. The van der Waals surface area contributed by atoms with E-state index in [9.17, 15) is 18.0 Å². The number of carbonyl (C=O) groups excluding carboxylic acids is 1. The molecule has 0 fully saturated rings. The van der Waals surface area contributed by atoms with Crippen molar-refractivity contribution in [1.29, 1.82) is 0 Å². The molecule has 0 saturated heterocycles. The van der Waals surface area contributed by atoms with Crippen LogP contribution in [0.1, 0.15) is 37.7 Å². The SMILES string of the molecule is CCOC(=O)C(C)(C)n1cc(Nc2nn3c(C(F)(F)F)nnc3c(C)c2C)cn1. The third kappa shape index (κ3) is 3.61. The van der Waals surface area contributed by atoms with Crippen molar-refractivity contribution in [2.75, 3.05) is 11.9 Å². The van der Waals surface area contributed by atoms with Crippen LogP contribution in [0, 0.1) is 13.8 Å². The highest BCUT2D eigenvalue weighted by Gasteiger charge is 2.38. The first-order valence-electron chi connectivity index (χ1n) is 8.76. The van der Waals surface area contributed by atoms with E-state index in [1.807, 2.05) is 0 Å². The monoisotopic (exact) mass is 411 g/mol. The molecule has 3 aromatic rings. The average molecular weight is 411 g/mol. The minimum Gasteiger partial charge on any atom is -0.464 e. The molecule has 0 amide bonds. The van der Waals surface area contributed by atoms with E-state index in [0.29, 0.717) is 21.3 Å². The van der Waals surface area contributed by atoms with E-state index in [2.05, 4.69) is 25.7 Å². The number of ether oxygens (including phenoxy) is 1. The second-order valence-corrected chi connectivity index (χ2v) is 6.93. The molecule has 0 spiro atoms. The molecule has 0 unspecified atom stereocenters. The van der Waals surface area contributed by atoms with Crippen LogP contribution in [0.5, 0.6) is 0 Å². The van der Waals surface area contributed by atoms with Crippen LogP contribution < -0.4 is 5.32 Å². The zero-order chi connectivity index (χ0) is 21.6. The smallest absolute Gasteiger partial charge is 0.453 e. The number of anilines is 2. The number of nitrogens with one attached hydrogen (secondary N) is 1. The predicted octanol–water partition coefficient (Wildman–Crippen LogP) is 3.00. The van der Waals surface area contributed by atoms with Crippen LogP contribution in [0.4, 0.5) is 24.7 Å². The molecule has 29 heavy (non-hydrogen) atoms. The van der Waals surface area contributed by atoms with Crippen LogP contribution in [0.15, 0.2) is 12.4 Å². The van der Waals surface area contributed by atoms with Crippen molar-refractivity contribution in [1.82, 2.24) is 29.6 Å². The molecular formula is C17H20F3N7O2. The minimum atomic E-state index is -4.69. The molecule has 3 rings (SSSR count). The van der Waals surface area contributed by atoms with E-state index in [-0.39, 0.29) is 18.1 Å². The van der Waals surface area contributed by atoms with Gasteiger partial charge in [0.25, 0.3) is 5.82 Å². The lowest BCUT2D eigenvalue weighted by molar-refractivity contribution is -0.152. The summed E-state index contributed by atoms with van der Waals surface area (Å²) < 4.78 is 46.6. The Balaban J connectivity index is 1.98. The van der Waals surface area contributed by atoms with Gasteiger partial charge in [-0.25, -0.2) is 4.79 Å². The standard InChI is InChI=1S/C17H20F3N7O2/c1-6-29-15(28)16(4,5)26-8-11(7-21-26)22-12-9(2)10(3)13-23-24-14(17(18,19)20)27(13)25-12/h7-8H,6H2,1-5H3,(H,22,25). The topological polar surface area (TPSA) is 99.2 Å². The molecule has 1 N–H and O–H groups in total.